The highest BCUT2D eigenvalue weighted by Gasteiger charge is 2.39. The number of piperidine rings is 1. The highest BCUT2D eigenvalue weighted by molar-refractivity contribution is 5.95. The summed E-state index contributed by atoms with van der Waals surface area (Å²) in [5.41, 5.74) is -0.114. The zero-order chi connectivity index (χ0) is 25.0. The SMILES string of the molecule is O=C(c1cccc(-n2ncc3c(=O)n(CC4(O)CCN(C(=O)C5CC5)CC4)cnc32)c1)N1CC(F)C1. The van der Waals surface area contributed by atoms with E-state index in [1.807, 2.05) is 4.90 Å². The highest BCUT2D eigenvalue weighted by atomic mass is 19.1. The maximum Gasteiger partial charge on any atom is 0.264 e. The van der Waals surface area contributed by atoms with E-state index < -0.39 is 11.8 Å². The van der Waals surface area contributed by atoms with E-state index in [-0.39, 0.29) is 42.9 Å². The van der Waals surface area contributed by atoms with E-state index in [0.29, 0.717) is 48.2 Å². The van der Waals surface area contributed by atoms with Gasteiger partial charge in [0.2, 0.25) is 5.91 Å². The second-order valence-corrected chi connectivity index (χ2v) is 10.2. The number of likely N-dealkylation sites (tertiary alicyclic amines) is 2. The van der Waals surface area contributed by atoms with E-state index in [9.17, 15) is 23.9 Å². The molecule has 2 aliphatic heterocycles. The molecule has 1 saturated carbocycles. The van der Waals surface area contributed by atoms with Crippen molar-refractivity contribution < 1.29 is 19.1 Å². The molecule has 188 valence electrons. The van der Waals surface area contributed by atoms with Crippen molar-refractivity contribution in [1.82, 2.24) is 29.1 Å². The number of aromatic nitrogens is 4. The van der Waals surface area contributed by atoms with E-state index in [4.69, 9.17) is 0 Å². The van der Waals surface area contributed by atoms with Crippen LogP contribution in [0.4, 0.5) is 4.39 Å². The monoisotopic (exact) mass is 494 g/mol. The van der Waals surface area contributed by atoms with E-state index in [1.54, 1.807) is 24.3 Å². The lowest BCUT2D eigenvalue weighted by Gasteiger charge is -2.38. The first-order valence-corrected chi connectivity index (χ1v) is 12.3. The fourth-order valence-electron chi connectivity index (χ4n) is 5.00. The Labute approximate surface area is 205 Å². The fraction of sp³-hybridized carbons (Fsp3) is 0.480. The van der Waals surface area contributed by atoms with Gasteiger partial charge in [0.05, 0.1) is 37.1 Å². The van der Waals surface area contributed by atoms with Crippen LogP contribution in [0.25, 0.3) is 16.7 Å². The lowest BCUT2D eigenvalue weighted by Crippen LogP contribution is -2.51. The van der Waals surface area contributed by atoms with E-state index in [2.05, 4.69) is 10.1 Å². The van der Waals surface area contributed by atoms with Gasteiger partial charge in [-0.1, -0.05) is 6.07 Å². The maximum atomic E-state index is 13.2. The number of aliphatic hydroxyl groups is 1. The van der Waals surface area contributed by atoms with Gasteiger partial charge in [0.15, 0.2) is 5.65 Å². The molecule has 2 aromatic heterocycles. The van der Waals surface area contributed by atoms with E-state index in [0.717, 1.165) is 12.8 Å². The first-order chi connectivity index (χ1) is 17.3. The number of halogens is 1. The molecule has 0 atom stereocenters. The summed E-state index contributed by atoms with van der Waals surface area (Å²) in [4.78, 5) is 45.8. The van der Waals surface area contributed by atoms with Crippen molar-refractivity contribution in [1.29, 1.82) is 0 Å². The summed E-state index contributed by atoms with van der Waals surface area (Å²) in [6.45, 7) is 1.23. The van der Waals surface area contributed by atoms with Gasteiger partial charge in [0.25, 0.3) is 11.5 Å². The molecule has 1 N–H and O–H groups in total. The molecule has 1 aromatic carbocycles. The minimum atomic E-state index is -1.10. The third-order valence-electron chi connectivity index (χ3n) is 7.41. The Kier molecular flexibility index (Phi) is 5.40. The molecule has 1 aliphatic carbocycles. The summed E-state index contributed by atoms with van der Waals surface area (Å²) in [6.07, 6.45) is 4.56. The number of carbonyl (C=O) groups excluding carboxylic acids is 2. The molecule has 2 saturated heterocycles. The summed E-state index contributed by atoms with van der Waals surface area (Å²) < 4.78 is 16.0. The maximum absolute atomic E-state index is 13.2. The standard InChI is InChI=1S/C25H27FN6O4/c26-18-12-30(13-18)23(34)17-2-1-3-19(10-17)32-21-20(11-28-32)24(35)31(15-27-21)14-25(36)6-8-29(9-7-25)22(33)16-4-5-16/h1-3,10-11,15-16,18,36H,4-9,12-14H2. The molecule has 0 bridgehead atoms. The summed E-state index contributed by atoms with van der Waals surface area (Å²) in [5.74, 6) is 0.0709. The molecule has 3 aromatic rings. The predicted molar refractivity (Wildman–Crippen MR) is 127 cm³/mol. The molecule has 4 heterocycles. The van der Waals surface area contributed by atoms with Gasteiger partial charge >= 0.3 is 0 Å². The van der Waals surface area contributed by atoms with Crippen LogP contribution in [0.2, 0.25) is 0 Å². The number of rotatable bonds is 5. The van der Waals surface area contributed by atoms with Gasteiger partial charge in [0, 0.05) is 24.6 Å². The number of nitrogens with zero attached hydrogens (tertiary/aromatic N) is 6. The van der Waals surface area contributed by atoms with Crippen LogP contribution in [-0.2, 0) is 11.3 Å². The molecule has 0 unspecified atom stereocenters. The van der Waals surface area contributed by atoms with Gasteiger partial charge in [-0.3, -0.25) is 19.0 Å². The predicted octanol–water partition coefficient (Wildman–Crippen LogP) is 1.14. The van der Waals surface area contributed by atoms with Crippen LogP contribution in [0.1, 0.15) is 36.0 Å². The van der Waals surface area contributed by atoms with Crippen molar-refractivity contribution in [3.63, 3.8) is 0 Å². The van der Waals surface area contributed by atoms with E-state index in [1.165, 1.54) is 26.7 Å². The summed E-state index contributed by atoms with van der Waals surface area (Å²) in [5, 5.41) is 15.7. The molecule has 36 heavy (non-hydrogen) atoms. The van der Waals surface area contributed by atoms with Crippen molar-refractivity contribution in [3.8, 4) is 5.69 Å². The first-order valence-electron chi connectivity index (χ1n) is 12.3. The first kappa shape index (κ1) is 22.8. The molecule has 2 amide bonds. The molecule has 3 aliphatic rings. The second kappa shape index (κ2) is 8.51. The van der Waals surface area contributed by atoms with Gasteiger partial charge in [-0.15, -0.1) is 0 Å². The van der Waals surface area contributed by atoms with Gasteiger partial charge < -0.3 is 14.9 Å². The smallest absolute Gasteiger partial charge is 0.264 e. The van der Waals surface area contributed by atoms with Gasteiger partial charge in [-0.2, -0.15) is 5.10 Å². The van der Waals surface area contributed by atoms with E-state index >= 15 is 0 Å². The van der Waals surface area contributed by atoms with Crippen LogP contribution in [0.3, 0.4) is 0 Å². The van der Waals surface area contributed by atoms with Gasteiger partial charge in [0.1, 0.15) is 17.9 Å². The lowest BCUT2D eigenvalue weighted by molar-refractivity contribution is -0.137. The third-order valence-corrected chi connectivity index (χ3v) is 7.41. The number of fused-ring (bicyclic) bond motifs is 1. The average molecular weight is 495 g/mol. The van der Waals surface area contributed by atoms with Crippen LogP contribution in [0, 0.1) is 5.92 Å². The molecule has 11 heteroatoms. The van der Waals surface area contributed by atoms with Crippen molar-refractivity contribution in [2.24, 2.45) is 5.92 Å². The zero-order valence-corrected chi connectivity index (χ0v) is 19.7. The topological polar surface area (TPSA) is 114 Å². The van der Waals surface area contributed by atoms with Crippen molar-refractivity contribution in [2.45, 2.75) is 44.0 Å². The third kappa shape index (κ3) is 4.06. The second-order valence-electron chi connectivity index (χ2n) is 10.2. The average Bonchev–Trinajstić information content (AvgIpc) is 3.62. The van der Waals surface area contributed by atoms with Crippen LogP contribution in [0.15, 0.2) is 41.6 Å². The molecular formula is C25H27FN6O4. The number of hydrogen-bond acceptors (Lipinski definition) is 6. The summed E-state index contributed by atoms with van der Waals surface area (Å²) >= 11 is 0. The van der Waals surface area contributed by atoms with Crippen LogP contribution >= 0.6 is 0 Å². The quantitative estimate of drug-likeness (QED) is 0.569. The van der Waals surface area contributed by atoms with Crippen molar-refractivity contribution >= 4 is 22.8 Å². The van der Waals surface area contributed by atoms with Crippen molar-refractivity contribution in [2.75, 3.05) is 26.2 Å². The van der Waals surface area contributed by atoms with Crippen molar-refractivity contribution in [3.05, 3.63) is 52.7 Å². The highest BCUT2D eigenvalue weighted by Crippen LogP contribution is 2.33. The molecule has 0 spiro atoms. The van der Waals surface area contributed by atoms with Gasteiger partial charge in [-0.25, -0.2) is 14.1 Å². The Morgan fingerprint density at radius 1 is 1.14 bits per heavy atom. The number of amides is 2. The normalized spacial score (nSPS) is 19.9. The van der Waals surface area contributed by atoms with Gasteiger partial charge in [-0.05, 0) is 43.9 Å². The molecule has 10 nitrogen and oxygen atoms in total. The number of carbonyl (C=O) groups is 2. The minimum Gasteiger partial charge on any atom is -0.388 e. The van der Waals surface area contributed by atoms with Crippen LogP contribution < -0.4 is 5.56 Å². The zero-order valence-electron chi connectivity index (χ0n) is 19.7. The van der Waals surface area contributed by atoms with Crippen LogP contribution in [0.5, 0.6) is 0 Å². The largest absolute Gasteiger partial charge is 0.388 e. The summed E-state index contributed by atoms with van der Waals surface area (Å²) in [6, 6.07) is 6.77. The molecular weight excluding hydrogens is 467 g/mol. The number of hydrogen-bond donors (Lipinski definition) is 1. The molecule has 6 rings (SSSR count). The lowest BCUT2D eigenvalue weighted by atomic mass is 9.91. The summed E-state index contributed by atoms with van der Waals surface area (Å²) in [7, 11) is 0. The molecule has 3 fully saturated rings. The fourth-order valence-corrected chi connectivity index (χ4v) is 5.00. The Morgan fingerprint density at radius 3 is 2.58 bits per heavy atom. The number of benzene rings is 1. The Hall–Kier alpha value is -3.60. The Morgan fingerprint density at radius 2 is 1.89 bits per heavy atom. The molecule has 0 radical (unpaired) electrons. The Balaban J connectivity index is 1.21. The number of alkyl halides is 1. The van der Waals surface area contributed by atoms with Crippen LogP contribution in [-0.4, -0.2) is 84.0 Å². The Bertz CT molecular complexity index is 1400. The minimum absolute atomic E-state index is 0.0841.